The maximum absolute atomic E-state index is 12.2. The summed E-state index contributed by atoms with van der Waals surface area (Å²) < 4.78 is 24.5. The van der Waals surface area contributed by atoms with E-state index in [0.29, 0.717) is 18.8 Å². The molecule has 0 aliphatic heterocycles. The van der Waals surface area contributed by atoms with Gasteiger partial charge in [0, 0.05) is 0 Å². The average Bonchev–Trinajstić information content (AvgIpc) is 2.31. The Kier molecular flexibility index (Phi) is 4.86. The SMILES string of the molecule is CC1CCC(NC(=O)C(F)F)(C(=O)CCl)CC1. The molecular formula is C11H16ClF2NO2. The van der Waals surface area contributed by atoms with E-state index in [1.807, 2.05) is 6.92 Å². The Morgan fingerprint density at radius 1 is 1.41 bits per heavy atom. The first-order valence-corrected chi connectivity index (χ1v) is 6.14. The fourth-order valence-corrected chi connectivity index (χ4v) is 2.40. The fourth-order valence-electron chi connectivity index (χ4n) is 2.15. The van der Waals surface area contributed by atoms with Gasteiger partial charge in [-0.2, -0.15) is 8.78 Å². The number of carbonyl (C=O) groups is 2. The third kappa shape index (κ3) is 3.37. The van der Waals surface area contributed by atoms with Crippen molar-refractivity contribution < 1.29 is 18.4 Å². The summed E-state index contributed by atoms with van der Waals surface area (Å²) in [5, 5.41) is 2.18. The van der Waals surface area contributed by atoms with Gasteiger partial charge in [0.05, 0.1) is 11.4 Å². The first kappa shape index (κ1) is 14.4. The lowest BCUT2D eigenvalue weighted by Gasteiger charge is -2.38. The monoisotopic (exact) mass is 267 g/mol. The number of hydrogen-bond donors (Lipinski definition) is 1. The molecule has 1 saturated carbocycles. The van der Waals surface area contributed by atoms with E-state index in [9.17, 15) is 18.4 Å². The normalized spacial score (nSPS) is 29.1. The van der Waals surface area contributed by atoms with E-state index < -0.39 is 17.9 Å². The van der Waals surface area contributed by atoms with Gasteiger partial charge in [-0.05, 0) is 31.6 Å². The van der Waals surface area contributed by atoms with Crippen LogP contribution in [-0.2, 0) is 9.59 Å². The van der Waals surface area contributed by atoms with Gasteiger partial charge in [0.15, 0.2) is 5.78 Å². The van der Waals surface area contributed by atoms with Crippen LogP contribution in [0, 0.1) is 5.92 Å². The first-order valence-electron chi connectivity index (χ1n) is 5.61. The Morgan fingerprint density at radius 3 is 2.35 bits per heavy atom. The molecule has 1 fully saturated rings. The van der Waals surface area contributed by atoms with E-state index in [-0.39, 0.29) is 11.7 Å². The minimum absolute atomic E-state index is 0.266. The van der Waals surface area contributed by atoms with Gasteiger partial charge in [0.2, 0.25) is 0 Å². The number of halogens is 3. The number of amides is 1. The second-order valence-corrected chi connectivity index (χ2v) is 4.88. The third-order valence-electron chi connectivity index (χ3n) is 3.34. The van der Waals surface area contributed by atoms with Crippen LogP contribution in [0.5, 0.6) is 0 Å². The highest BCUT2D eigenvalue weighted by atomic mass is 35.5. The number of hydrogen-bond acceptors (Lipinski definition) is 2. The molecule has 0 radical (unpaired) electrons. The zero-order valence-electron chi connectivity index (χ0n) is 9.64. The predicted molar refractivity (Wildman–Crippen MR) is 60.2 cm³/mol. The molecule has 0 atom stereocenters. The molecule has 3 nitrogen and oxygen atoms in total. The molecule has 0 saturated heterocycles. The van der Waals surface area contributed by atoms with Gasteiger partial charge in [-0.15, -0.1) is 11.6 Å². The smallest absolute Gasteiger partial charge is 0.315 e. The largest absolute Gasteiger partial charge is 0.339 e. The summed E-state index contributed by atoms with van der Waals surface area (Å²) in [6.45, 7) is 2.03. The Morgan fingerprint density at radius 2 is 1.94 bits per heavy atom. The van der Waals surface area contributed by atoms with Gasteiger partial charge in [-0.25, -0.2) is 0 Å². The quantitative estimate of drug-likeness (QED) is 0.793. The van der Waals surface area contributed by atoms with Crippen molar-refractivity contribution in [1.82, 2.24) is 5.32 Å². The van der Waals surface area contributed by atoms with Gasteiger partial charge in [0.1, 0.15) is 0 Å². The third-order valence-corrected chi connectivity index (χ3v) is 3.59. The van der Waals surface area contributed by atoms with E-state index in [2.05, 4.69) is 5.32 Å². The highest BCUT2D eigenvalue weighted by Crippen LogP contribution is 2.33. The van der Waals surface area contributed by atoms with Crippen LogP contribution < -0.4 is 5.32 Å². The van der Waals surface area contributed by atoms with E-state index in [1.54, 1.807) is 0 Å². The Bertz CT molecular complexity index is 302. The number of Topliss-reactive ketones (excluding diaryl/α,β-unsaturated/α-hetero) is 1. The number of carbonyl (C=O) groups excluding carboxylic acids is 2. The summed E-state index contributed by atoms with van der Waals surface area (Å²) in [6, 6.07) is 0. The highest BCUT2D eigenvalue weighted by molar-refractivity contribution is 6.29. The van der Waals surface area contributed by atoms with Crippen LogP contribution in [0.2, 0.25) is 0 Å². The van der Waals surface area contributed by atoms with Crippen LogP contribution in [0.1, 0.15) is 32.6 Å². The number of rotatable bonds is 4. The molecule has 1 amide bonds. The van der Waals surface area contributed by atoms with Crippen molar-refractivity contribution in [3.63, 3.8) is 0 Å². The molecule has 0 aromatic carbocycles. The molecule has 0 aromatic heterocycles. The van der Waals surface area contributed by atoms with Crippen molar-refractivity contribution in [1.29, 1.82) is 0 Å². The highest BCUT2D eigenvalue weighted by Gasteiger charge is 2.42. The second kappa shape index (κ2) is 5.76. The molecule has 1 aliphatic rings. The van der Waals surface area contributed by atoms with Crippen molar-refractivity contribution in [2.45, 2.75) is 44.6 Å². The van der Waals surface area contributed by atoms with Crippen molar-refractivity contribution >= 4 is 23.3 Å². The van der Waals surface area contributed by atoms with Crippen molar-refractivity contribution in [3.05, 3.63) is 0 Å². The molecule has 1 rings (SSSR count). The summed E-state index contributed by atoms with van der Waals surface area (Å²) in [5.41, 5.74) is -1.18. The van der Waals surface area contributed by atoms with Crippen LogP contribution in [0.4, 0.5) is 8.78 Å². The minimum Gasteiger partial charge on any atom is -0.339 e. The van der Waals surface area contributed by atoms with Gasteiger partial charge in [-0.1, -0.05) is 6.92 Å². The first-order chi connectivity index (χ1) is 7.91. The summed E-state index contributed by atoms with van der Waals surface area (Å²) in [4.78, 5) is 22.8. The summed E-state index contributed by atoms with van der Waals surface area (Å²) in [6.07, 6.45) is -0.872. The zero-order valence-corrected chi connectivity index (χ0v) is 10.4. The molecule has 1 N–H and O–H groups in total. The number of nitrogens with one attached hydrogen (secondary N) is 1. The number of alkyl halides is 3. The molecule has 0 heterocycles. The number of ketones is 1. The van der Waals surface area contributed by atoms with Gasteiger partial charge in [-0.3, -0.25) is 9.59 Å². The maximum atomic E-state index is 12.2. The Balaban J connectivity index is 2.80. The lowest BCUT2D eigenvalue weighted by Crippen LogP contribution is -2.58. The van der Waals surface area contributed by atoms with Crippen LogP contribution >= 0.6 is 11.6 Å². The van der Waals surface area contributed by atoms with Crippen LogP contribution in [0.15, 0.2) is 0 Å². The summed E-state index contributed by atoms with van der Waals surface area (Å²) >= 11 is 5.49. The zero-order chi connectivity index (χ0) is 13.1. The van der Waals surface area contributed by atoms with E-state index >= 15 is 0 Å². The Hall–Kier alpha value is -0.710. The standard InChI is InChI=1S/C11H16ClF2NO2/c1-7-2-4-11(5-3-7,8(16)6-12)15-10(17)9(13)14/h7,9H,2-6H2,1H3,(H,15,17). The lowest BCUT2D eigenvalue weighted by molar-refractivity contribution is -0.139. The lowest BCUT2D eigenvalue weighted by atomic mass is 9.75. The van der Waals surface area contributed by atoms with Crippen LogP contribution in [0.25, 0.3) is 0 Å². The van der Waals surface area contributed by atoms with Crippen LogP contribution in [0.3, 0.4) is 0 Å². The molecular weight excluding hydrogens is 252 g/mol. The van der Waals surface area contributed by atoms with Gasteiger partial charge in [0.25, 0.3) is 5.91 Å². The molecule has 6 heteroatoms. The van der Waals surface area contributed by atoms with Crippen LogP contribution in [-0.4, -0.2) is 29.5 Å². The molecule has 0 bridgehead atoms. The molecule has 98 valence electrons. The molecule has 0 unspecified atom stereocenters. The molecule has 0 aromatic rings. The predicted octanol–water partition coefficient (Wildman–Crippen LogP) is 2.12. The van der Waals surface area contributed by atoms with E-state index in [0.717, 1.165) is 12.8 Å². The van der Waals surface area contributed by atoms with Gasteiger partial charge >= 0.3 is 6.43 Å². The summed E-state index contributed by atoms with van der Waals surface area (Å²) in [5.74, 6) is -1.59. The van der Waals surface area contributed by atoms with Crippen molar-refractivity contribution in [2.24, 2.45) is 5.92 Å². The van der Waals surface area contributed by atoms with E-state index in [4.69, 9.17) is 11.6 Å². The second-order valence-electron chi connectivity index (χ2n) is 4.61. The summed E-state index contributed by atoms with van der Waals surface area (Å²) in [7, 11) is 0. The van der Waals surface area contributed by atoms with E-state index in [1.165, 1.54) is 0 Å². The average molecular weight is 268 g/mol. The molecule has 1 aliphatic carbocycles. The fraction of sp³-hybridized carbons (Fsp3) is 0.818. The van der Waals surface area contributed by atoms with Crippen molar-refractivity contribution in [2.75, 3.05) is 5.88 Å². The minimum atomic E-state index is -3.10. The Labute approximate surface area is 104 Å². The molecule has 17 heavy (non-hydrogen) atoms. The topological polar surface area (TPSA) is 46.2 Å². The maximum Gasteiger partial charge on any atom is 0.315 e. The van der Waals surface area contributed by atoms with Gasteiger partial charge < -0.3 is 5.32 Å². The molecule has 0 spiro atoms. The van der Waals surface area contributed by atoms with Crippen molar-refractivity contribution in [3.8, 4) is 0 Å².